The van der Waals surface area contributed by atoms with Gasteiger partial charge < -0.3 is 10.1 Å². The van der Waals surface area contributed by atoms with Gasteiger partial charge in [-0.2, -0.15) is 4.80 Å². The first-order valence-electron chi connectivity index (χ1n) is 9.00. The van der Waals surface area contributed by atoms with Crippen LogP contribution < -0.4 is 5.32 Å². The van der Waals surface area contributed by atoms with Crippen molar-refractivity contribution in [3.05, 3.63) is 47.3 Å². The monoisotopic (exact) mass is 399 g/mol. The molecule has 8 nitrogen and oxygen atoms in total. The Morgan fingerprint density at radius 3 is 2.75 bits per heavy atom. The van der Waals surface area contributed by atoms with Gasteiger partial charge >= 0.3 is 5.97 Å². The first-order chi connectivity index (χ1) is 13.6. The molecule has 2 aromatic heterocycles. The number of thiophene rings is 1. The van der Waals surface area contributed by atoms with Crippen LogP contribution in [0, 0.1) is 0 Å². The maximum Gasteiger partial charge on any atom is 0.330 e. The Bertz CT molecular complexity index is 906. The molecule has 0 saturated carbocycles. The average Bonchev–Trinajstić information content (AvgIpc) is 3.37. The normalized spacial score (nSPS) is 10.6. The molecule has 0 aliphatic heterocycles. The number of unbranched alkanes of at least 4 members (excludes halogenated alkanes) is 1. The molecule has 0 fully saturated rings. The van der Waals surface area contributed by atoms with E-state index in [1.807, 2.05) is 41.8 Å². The number of rotatable bonds is 9. The van der Waals surface area contributed by atoms with Gasteiger partial charge in [0, 0.05) is 5.69 Å². The van der Waals surface area contributed by atoms with E-state index in [1.165, 1.54) is 16.9 Å². The molecule has 3 aromatic rings. The maximum absolute atomic E-state index is 11.9. The number of amides is 1. The fourth-order valence-electron chi connectivity index (χ4n) is 2.45. The Morgan fingerprint density at radius 2 is 2.04 bits per heavy atom. The van der Waals surface area contributed by atoms with E-state index in [1.54, 1.807) is 0 Å². The van der Waals surface area contributed by atoms with Crippen molar-refractivity contribution < 1.29 is 14.3 Å². The summed E-state index contributed by atoms with van der Waals surface area (Å²) in [6.45, 7) is 1.57. The van der Waals surface area contributed by atoms with E-state index in [4.69, 9.17) is 4.74 Å². The van der Waals surface area contributed by atoms with Crippen molar-refractivity contribution in [2.75, 3.05) is 11.9 Å². The quantitative estimate of drug-likeness (QED) is 0.556. The maximum atomic E-state index is 11.9. The predicted octanol–water partition coefficient (Wildman–Crippen LogP) is 2.93. The lowest BCUT2D eigenvalue weighted by Crippen LogP contribution is -2.23. The summed E-state index contributed by atoms with van der Waals surface area (Å²) in [7, 11) is 0. The molecule has 1 amide bonds. The minimum Gasteiger partial charge on any atom is -0.454 e. The van der Waals surface area contributed by atoms with Crippen molar-refractivity contribution in [2.24, 2.45) is 0 Å². The molecule has 0 aliphatic carbocycles. The van der Waals surface area contributed by atoms with Gasteiger partial charge in [0.1, 0.15) is 0 Å². The van der Waals surface area contributed by atoms with Crippen LogP contribution >= 0.6 is 11.3 Å². The summed E-state index contributed by atoms with van der Waals surface area (Å²) in [6, 6.07) is 11.4. The summed E-state index contributed by atoms with van der Waals surface area (Å²) < 4.78 is 4.98. The van der Waals surface area contributed by atoms with Crippen LogP contribution in [0.3, 0.4) is 0 Å². The van der Waals surface area contributed by atoms with Crippen LogP contribution in [0.2, 0.25) is 0 Å². The highest BCUT2D eigenvalue weighted by Crippen LogP contribution is 2.19. The third-order valence-corrected chi connectivity index (χ3v) is 4.75. The zero-order chi connectivity index (χ0) is 19.8. The second kappa shape index (κ2) is 9.75. The Hall–Kier alpha value is -3.07. The number of hydrogen-bond donors (Lipinski definition) is 1. The third kappa shape index (κ3) is 5.71. The number of nitrogens with one attached hydrogen (secondary N) is 1. The fraction of sp³-hybridized carbons (Fsp3) is 0.316. The van der Waals surface area contributed by atoms with Crippen LogP contribution in [0.25, 0.3) is 10.7 Å². The molecule has 2 heterocycles. The Kier molecular flexibility index (Phi) is 6.85. The molecule has 0 radical (unpaired) electrons. The Labute approximate surface area is 166 Å². The van der Waals surface area contributed by atoms with E-state index in [2.05, 4.69) is 27.7 Å². The summed E-state index contributed by atoms with van der Waals surface area (Å²) in [5.41, 5.74) is 1.90. The van der Waals surface area contributed by atoms with Gasteiger partial charge in [-0.1, -0.05) is 31.5 Å². The summed E-state index contributed by atoms with van der Waals surface area (Å²) in [4.78, 5) is 25.8. The highest BCUT2D eigenvalue weighted by atomic mass is 32.1. The second-order valence-electron chi connectivity index (χ2n) is 6.13. The molecule has 28 heavy (non-hydrogen) atoms. The van der Waals surface area contributed by atoms with Crippen LogP contribution in [-0.4, -0.2) is 38.7 Å². The zero-order valence-corrected chi connectivity index (χ0v) is 16.3. The minimum atomic E-state index is -0.611. The number of aryl methyl sites for hydroxylation is 1. The van der Waals surface area contributed by atoms with Gasteiger partial charge in [-0.15, -0.1) is 21.5 Å². The predicted molar refractivity (Wildman–Crippen MR) is 106 cm³/mol. The van der Waals surface area contributed by atoms with E-state index in [9.17, 15) is 9.59 Å². The molecule has 1 N–H and O–H groups in total. The van der Waals surface area contributed by atoms with E-state index >= 15 is 0 Å². The molecular weight excluding hydrogens is 378 g/mol. The number of hydrogen-bond acceptors (Lipinski definition) is 7. The number of benzene rings is 1. The van der Waals surface area contributed by atoms with E-state index < -0.39 is 11.9 Å². The van der Waals surface area contributed by atoms with Crippen molar-refractivity contribution in [1.29, 1.82) is 0 Å². The van der Waals surface area contributed by atoms with Crippen LogP contribution in [0.1, 0.15) is 25.3 Å². The van der Waals surface area contributed by atoms with E-state index in [0.717, 1.165) is 28.9 Å². The molecule has 0 aliphatic rings. The number of nitrogens with zero attached hydrogens (tertiary/aromatic N) is 4. The lowest BCUT2D eigenvalue weighted by atomic mass is 10.1. The third-order valence-electron chi connectivity index (χ3n) is 3.89. The molecular formula is C19H21N5O3S. The van der Waals surface area contributed by atoms with Gasteiger partial charge in [0.05, 0.1) is 4.88 Å². The van der Waals surface area contributed by atoms with E-state index in [-0.39, 0.29) is 13.2 Å². The van der Waals surface area contributed by atoms with Gasteiger partial charge in [0.25, 0.3) is 5.91 Å². The fourth-order valence-corrected chi connectivity index (χ4v) is 3.10. The molecule has 0 bridgehead atoms. The smallest absolute Gasteiger partial charge is 0.330 e. The molecule has 1 aromatic carbocycles. The summed E-state index contributed by atoms with van der Waals surface area (Å²) in [6.07, 6.45) is 3.30. The SMILES string of the molecule is CCCCc1ccc(NC(=O)COC(=O)Cn2nnc(-c3cccs3)n2)cc1. The van der Waals surface area contributed by atoms with Gasteiger partial charge in [-0.05, 0) is 47.2 Å². The minimum absolute atomic E-state index is 0.211. The van der Waals surface area contributed by atoms with Gasteiger partial charge in [0.15, 0.2) is 13.2 Å². The first-order valence-corrected chi connectivity index (χ1v) is 9.88. The zero-order valence-electron chi connectivity index (χ0n) is 15.5. The number of esters is 1. The molecule has 0 saturated heterocycles. The van der Waals surface area contributed by atoms with Crippen molar-refractivity contribution in [2.45, 2.75) is 32.7 Å². The van der Waals surface area contributed by atoms with Crippen molar-refractivity contribution in [3.63, 3.8) is 0 Å². The number of anilines is 1. The number of carbonyl (C=O) groups excluding carboxylic acids is 2. The van der Waals surface area contributed by atoms with Crippen LogP contribution in [0.4, 0.5) is 5.69 Å². The molecule has 9 heteroatoms. The van der Waals surface area contributed by atoms with Gasteiger partial charge in [-0.25, -0.2) is 4.79 Å². The van der Waals surface area contributed by atoms with E-state index in [0.29, 0.717) is 11.5 Å². The number of tetrazole rings is 1. The molecule has 0 atom stereocenters. The first kappa shape index (κ1) is 19.7. The molecule has 0 spiro atoms. The van der Waals surface area contributed by atoms with Crippen LogP contribution in [0.15, 0.2) is 41.8 Å². The highest BCUT2D eigenvalue weighted by Gasteiger charge is 2.12. The Balaban J connectivity index is 1.42. The van der Waals surface area contributed by atoms with Crippen LogP contribution in [-0.2, 0) is 27.3 Å². The lowest BCUT2D eigenvalue weighted by Gasteiger charge is -2.07. The highest BCUT2D eigenvalue weighted by molar-refractivity contribution is 7.13. The summed E-state index contributed by atoms with van der Waals surface area (Å²) in [5, 5.41) is 16.4. The standard InChI is InChI=1S/C19H21N5O3S/c1-2-3-5-14-7-9-15(10-8-14)20-17(25)13-27-18(26)12-24-22-19(21-23-24)16-6-4-11-28-16/h4,6-11H,2-3,5,12-13H2,1H3,(H,20,25). The van der Waals surface area contributed by atoms with Gasteiger partial charge in [-0.3, -0.25) is 4.79 Å². The number of carbonyl (C=O) groups is 2. The molecule has 3 rings (SSSR count). The van der Waals surface area contributed by atoms with Crippen molar-refractivity contribution >= 4 is 28.9 Å². The average molecular weight is 399 g/mol. The molecule has 146 valence electrons. The van der Waals surface area contributed by atoms with Crippen molar-refractivity contribution in [1.82, 2.24) is 20.2 Å². The lowest BCUT2D eigenvalue weighted by molar-refractivity contribution is -0.148. The molecule has 0 unspecified atom stereocenters. The second-order valence-corrected chi connectivity index (χ2v) is 7.08. The van der Waals surface area contributed by atoms with Crippen LogP contribution in [0.5, 0.6) is 0 Å². The summed E-state index contributed by atoms with van der Waals surface area (Å²) in [5.74, 6) is -0.566. The largest absolute Gasteiger partial charge is 0.454 e. The number of aromatic nitrogens is 4. The number of ether oxygens (including phenoxy) is 1. The topological polar surface area (TPSA) is 99.0 Å². The van der Waals surface area contributed by atoms with Crippen molar-refractivity contribution in [3.8, 4) is 10.7 Å². The summed E-state index contributed by atoms with van der Waals surface area (Å²) >= 11 is 1.48. The van der Waals surface area contributed by atoms with Gasteiger partial charge in [0.2, 0.25) is 5.82 Å². The Morgan fingerprint density at radius 1 is 1.21 bits per heavy atom.